The Labute approximate surface area is 106 Å². The number of nitrogens with two attached hydrogens (primary N) is 1. The Morgan fingerprint density at radius 1 is 1.28 bits per heavy atom. The van der Waals surface area contributed by atoms with Crippen molar-refractivity contribution in [2.75, 3.05) is 18.9 Å². The number of aliphatic hydroxyl groups is 1. The molecule has 100 valence electrons. The number of hydrogen-bond donors (Lipinski definition) is 2. The van der Waals surface area contributed by atoms with E-state index >= 15 is 0 Å². The summed E-state index contributed by atoms with van der Waals surface area (Å²) in [6, 6.07) is 4.43. The van der Waals surface area contributed by atoms with Gasteiger partial charge in [0.2, 0.25) is 0 Å². The maximum absolute atomic E-state index is 10.7. The summed E-state index contributed by atoms with van der Waals surface area (Å²) in [7, 11) is 0. The van der Waals surface area contributed by atoms with Crippen LogP contribution in [-0.2, 0) is 0 Å². The van der Waals surface area contributed by atoms with Crippen LogP contribution in [0.2, 0.25) is 0 Å². The maximum Gasteiger partial charge on any atom is 0.295 e. The zero-order valence-electron chi connectivity index (χ0n) is 10.2. The van der Waals surface area contributed by atoms with Gasteiger partial charge in [0, 0.05) is 6.61 Å². The molecule has 0 radical (unpaired) electrons. The van der Waals surface area contributed by atoms with E-state index in [-0.39, 0.29) is 18.0 Å². The standard InChI is InChI=1S/C12H18N2O4/c13-11-6-5-10(9-12(11)14(16)17)18-8-4-2-1-3-7-15/h5-6,9,15H,1-4,7-8,13H2. The number of benzene rings is 1. The zero-order valence-corrected chi connectivity index (χ0v) is 10.2. The summed E-state index contributed by atoms with van der Waals surface area (Å²) in [4.78, 5) is 10.1. The minimum absolute atomic E-state index is 0.132. The number of ether oxygens (including phenoxy) is 1. The first-order chi connectivity index (χ1) is 8.65. The first kappa shape index (κ1) is 14.2. The van der Waals surface area contributed by atoms with Crippen molar-refractivity contribution in [3.05, 3.63) is 28.3 Å². The van der Waals surface area contributed by atoms with E-state index in [4.69, 9.17) is 15.6 Å². The van der Waals surface area contributed by atoms with Crippen molar-refractivity contribution in [2.45, 2.75) is 25.7 Å². The van der Waals surface area contributed by atoms with Gasteiger partial charge in [0.15, 0.2) is 0 Å². The molecule has 0 saturated heterocycles. The van der Waals surface area contributed by atoms with E-state index in [1.807, 2.05) is 0 Å². The van der Waals surface area contributed by atoms with Crippen LogP contribution in [-0.4, -0.2) is 23.2 Å². The van der Waals surface area contributed by atoms with E-state index in [0.717, 1.165) is 25.7 Å². The number of hydrogen-bond acceptors (Lipinski definition) is 5. The van der Waals surface area contributed by atoms with E-state index in [2.05, 4.69) is 0 Å². The van der Waals surface area contributed by atoms with Crippen molar-refractivity contribution >= 4 is 11.4 Å². The Morgan fingerprint density at radius 2 is 2.00 bits per heavy atom. The minimum atomic E-state index is -0.524. The molecular formula is C12H18N2O4. The fraction of sp³-hybridized carbons (Fsp3) is 0.500. The van der Waals surface area contributed by atoms with Gasteiger partial charge in [-0.15, -0.1) is 0 Å². The lowest BCUT2D eigenvalue weighted by Gasteiger charge is -2.06. The molecule has 0 spiro atoms. The van der Waals surface area contributed by atoms with Crippen LogP contribution in [0.1, 0.15) is 25.7 Å². The highest BCUT2D eigenvalue weighted by molar-refractivity contribution is 5.60. The topological polar surface area (TPSA) is 98.6 Å². The molecule has 1 aromatic rings. The van der Waals surface area contributed by atoms with Crippen molar-refractivity contribution in [3.8, 4) is 5.75 Å². The second-order valence-electron chi connectivity index (χ2n) is 3.96. The monoisotopic (exact) mass is 254 g/mol. The first-order valence-electron chi connectivity index (χ1n) is 5.92. The number of unbranched alkanes of at least 4 members (excludes halogenated alkanes) is 3. The van der Waals surface area contributed by atoms with Crippen LogP contribution in [0, 0.1) is 10.1 Å². The number of aliphatic hydroxyl groups excluding tert-OH is 1. The quantitative estimate of drug-likeness (QED) is 0.320. The van der Waals surface area contributed by atoms with Gasteiger partial charge in [0.1, 0.15) is 11.4 Å². The van der Waals surface area contributed by atoms with Crippen LogP contribution < -0.4 is 10.5 Å². The average molecular weight is 254 g/mol. The predicted molar refractivity (Wildman–Crippen MR) is 68.6 cm³/mol. The highest BCUT2D eigenvalue weighted by Gasteiger charge is 2.12. The third-order valence-corrected chi connectivity index (χ3v) is 2.52. The molecule has 0 bridgehead atoms. The number of anilines is 1. The van der Waals surface area contributed by atoms with Crippen LogP contribution in [0.15, 0.2) is 18.2 Å². The molecule has 1 rings (SSSR count). The minimum Gasteiger partial charge on any atom is -0.493 e. The lowest BCUT2D eigenvalue weighted by Crippen LogP contribution is -2.00. The predicted octanol–water partition coefficient (Wildman–Crippen LogP) is 2.11. The molecule has 0 aliphatic rings. The molecule has 0 saturated carbocycles. The molecule has 6 heteroatoms. The van der Waals surface area contributed by atoms with E-state index in [0.29, 0.717) is 12.4 Å². The number of nitrogen functional groups attached to an aromatic ring is 1. The van der Waals surface area contributed by atoms with Gasteiger partial charge in [-0.05, 0) is 31.4 Å². The van der Waals surface area contributed by atoms with Crippen LogP contribution in [0.25, 0.3) is 0 Å². The van der Waals surface area contributed by atoms with Crippen molar-refractivity contribution in [3.63, 3.8) is 0 Å². The summed E-state index contributed by atoms with van der Waals surface area (Å²) in [5, 5.41) is 19.3. The molecule has 18 heavy (non-hydrogen) atoms. The lowest BCUT2D eigenvalue weighted by molar-refractivity contribution is -0.384. The second kappa shape index (κ2) is 7.50. The van der Waals surface area contributed by atoms with Gasteiger partial charge in [-0.2, -0.15) is 0 Å². The van der Waals surface area contributed by atoms with Crippen LogP contribution in [0.5, 0.6) is 5.75 Å². The number of nitrogens with zero attached hydrogens (tertiary/aromatic N) is 1. The highest BCUT2D eigenvalue weighted by atomic mass is 16.6. The van der Waals surface area contributed by atoms with Gasteiger partial charge >= 0.3 is 0 Å². The zero-order chi connectivity index (χ0) is 13.4. The van der Waals surface area contributed by atoms with Gasteiger partial charge in [0.05, 0.1) is 17.6 Å². The molecule has 0 unspecified atom stereocenters. The van der Waals surface area contributed by atoms with E-state index < -0.39 is 4.92 Å². The second-order valence-corrected chi connectivity index (χ2v) is 3.96. The van der Waals surface area contributed by atoms with Gasteiger partial charge in [-0.25, -0.2) is 0 Å². The Bertz CT molecular complexity index is 396. The third kappa shape index (κ3) is 4.58. The summed E-state index contributed by atoms with van der Waals surface area (Å²) < 4.78 is 5.41. The van der Waals surface area contributed by atoms with Crippen molar-refractivity contribution in [2.24, 2.45) is 0 Å². The number of nitro groups is 1. The Kier molecular flexibility index (Phi) is 5.93. The van der Waals surface area contributed by atoms with Crippen molar-refractivity contribution in [1.29, 1.82) is 0 Å². The van der Waals surface area contributed by atoms with Gasteiger partial charge in [-0.3, -0.25) is 10.1 Å². The smallest absolute Gasteiger partial charge is 0.295 e. The van der Waals surface area contributed by atoms with Crippen LogP contribution in [0.3, 0.4) is 0 Å². The molecule has 0 aromatic heterocycles. The molecule has 6 nitrogen and oxygen atoms in total. The molecule has 0 aliphatic heterocycles. The summed E-state index contributed by atoms with van der Waals surface area (Å²) in [5.41, 5.74) is 5.48. The fourth-order valence-electron chi connectivity index (χ4n) is 1.53. The Hall–Kier alpha value is -1.82. The van der Waals surface area contributed by atoms with Crippen molar-refractivity contribution < 1.29 is 14.8 Å². The van der Waals surface area contributed by atoms with Gasteiger partial charge < -0.3 is 15.6 Å². The Morgan fingerprint density at radius 3 is 2.67 bits per heavy atom. The maximum atomic E-state index is 10.7. The largest absolute Gasteiger partial charge is 0.493 e. The lowest BCUT2D eigenvalue weighted by atomic mass is 10.2. The average Bonchev–Trinajstić information content (AvgIpc) is 2.35. The van der Waals surface area contributed by atoms with Gasteiger partial charge in [0.25, 0.3) is 5.69 Å². The van der Waals surface area contributed by atoms with Crippen molar-refractivity contribution in [1.82, 2.24) is 0 Å². The van der Waals surface area contributed by atoms with E-state index in [1.165, 1.54) is 12.1 Å². The molecule has 1 aromatic carbocycles. The van der Waals surface area contributed by atoms with Crippen LogP contribution >= 0.6 is 0 Å². The molecule has 0 aliphatic carbocycles. The fourth-order valence-corrected chi connectivity index (χ4v) is 1.53. The summed E-state index contributed by atoms with van der Waals surface area (Å²) in [6.07, 6.45) is 3.59. The number of rotatable bonds is 8. The normalized spacial score (nSPS) is 10.3. The summed E-state index contributed by atoms with van der Waals surface area (Å²) >= 11 is 0. The third-order valence-electron chi connectivity index (χ3n) is 2.52. The summed E-state index contributed by atoms with van der Waals surface area (Å²) in [6.45, 7) is 0.720. The van der Waals surface area contributed by atoms with Crippen LogP contribution in [0.4, 0.5) is 11.4 Å². The molecule has 0 amide bonds. The highest BCUT2D eigenvalue weighted by Crippen LogP contribution is 2.26. The molecule has 0 atom stereocenters. The van der Waals surface area contributed by atoms with Gasteiger partial charge in [-0.1, -0.05) is 6.42 Å². The molecule has 3 N–H and O–H groups in total. The van der Waals surface area contributed by atoms with E-state index in [9.17, 15) is 10.1 Å². The molecule has 0 fully saturated rings. The molecular weight excluding hydrogens is 236 g/mol. The molecule has 0 heterocycles. The SMILES string of the molecule is Nc1ccc(OCCCCCCO)cc1[N+](=O)[O-]. The van der Waals surface area contributed by atoms with E-state index in [1.54, 1.807) is 6.07 Å². The number of nitro benzene ring substituents is 1. The Balaban J connectivity index is 2.38. The summed E-state index contributed by atoms with van der Waals surface area (Å²) in [5.74, 6) is 0.457. The first-order valence-corrected chi connectivity index (χ1v) is 5.92.